The summed E-state index contributed by atoms with van der Waals surface area (Å²) in [6.07, 6.45) is 7.24. The van der Waals surface area contributed by atoms with Crippen LogP contribution >= 0.6 is 0 Å². The lowest BCUT2D eigenvalue weighted by atomic mass is 9.68. The van der Waals surface area contributed by atoms with Gasteiger partial charge in [-0.15, -0.1) is 0 Å². The van der Waals surface area contributed by atoms with Gasteiger partial charge in [-0.2, -0.15) is 0 Å². The molecule has 0 N–H and O–H groups in total. The fourth-order valence-corrected chi connectivity index (χ4v) is 5.28. The van der Waals surface area contributed by atoms with Crippen molar-refractivity contribution in [1.29, 1.82) is 0 Å². The smallest absolute Gasteiger partial charge is 0.00232 e. The zero-order valence-corrected chi connectivity index (χ0v) is 10.7. The highest BCUT2D eigenvalue weighted by Gasteiger charge is 2.62. The molecule has 3 atom stereocenters. The predicted octanol–water partition coefficient (Wildman–Crippen LogP) is 4.56. The van der Waals surface area contributed by atoms with Gasteiger partial charge < -0.3 is 0 Å². The van der Waals surface area contributed by atoms with E-state index in [1.807, 2.05) is 5.57 Å². The highest BCUT2D eigenvalue weighted by molar-refractivity contribution is 5.37. The zero-order valence-electron chi connectivity index (χ0n) is 10.7. The van der Waals surface area contributed by atoms with Gasteiger partial charge in [0.15, 0.2) is 0 Å². The fourth-order valence-electron chi connectivity index (χ4n) is 5.28. The van der Waals surface area contributed by atoms with E-state index in [1.165, 1.54) is 32.1 Å². The third kappa shape index (κ3) is 0.990. The summed E-state index contributed by atoms with van der Waals surface area (Å²) in [5.41, 5.74) is 4.89. The highest BCUT2D eigenvalue weighted by atomic mass is 14.7. The molecule has 0 heteroatoms. The molecule has 2 fully saturated rings. The maximum atomic E-state index is 2.51. The molecule has 0 radical (unpaired) electrons. The zero-order chi connectivity index (χ0) is 10.8. The van der Waals surface area contributed by atoms with Crippen LogP contribution in [0, 0.1) is 22.7 Å². The van der Waals surface area contributed by atoms with E-state index in [0.717, 1.165) is 11.8 Å². The first-order valence-corrected chi connectivity index (χ1v) is 6.67. The molecule has 3 aliphatic carbocycles. The fraction of sp³-hybridized carbons (Fsp3) is 0.867. The number of hydrogen-bond donors (Lipinski definition) is 0. The molecule has 3 rings (SSSR count). The van der Waals surface area contributed by atoms with E-state index in [0.29, 0.717) is 10.8 Å². The molecule has 15 heavy (non-hydrogen) atoms. The van der Waals surface area contributed by atoms with Gasteiger partial charge in [-0.05, 0) is 61.7 Å². The minimum absolute atomic E-state index is 0.585. The molecule has 1 spiro atoms. The molecular weight excluding hydrogens is 180 g/mol. The van der Waals surface area contributed by atoms with E-state index in [9.17, 15) is 0 Å². The van der Waals surface area contributed by atoms with E-state index in [1.54, 1.807) is 5.57 Å². The second-order valence-corrected chi connectivity index (χ2v) is 7.00. The van der Waals surface area contributed by atoms with Crippen molar-refractivity contribution in [2.24, 2.45) is 22.7 Å². The summed E-state index contributed by atoms with van der Waals surface area (Å²) in [6.45, 7) is 9.93. The van der Waals surface area contributed by atoms with Gasteiger partial charge in [0.2, 0.25) is 0 Å². The minimum Gasteiger partial charge on any atom is -0.0735 e. The molecule has 0 heterocycles. The topological polar surface area (TPSA) is 0 Å². The summed E-state index contributed by atoms with van der Waals surface area (Å²) in [4.78, 5) is 0. The van der Waals surface area contributed by atoms with Crippen LogP contribution in [0.4, 0.5) is 0 Å². The summed E-state index contributed by atoms with van der Waals surface area (Å²) in [5.74, 6) is 1.95. The first-order valence-electron chi connectivity index (χ1n) is 6.67. The Hall–Kier alpha value is -0.260. The lowest BCUT2D eigenvalue weighted by molar-refractivity contribution is 0.141. The largest absolute Gasteiger partial charge is 0.0735 e. The lowest BCUT2D eigenvalue weighted by Crippen LogP contribution is -2.30. The summed E-state index contributed by atoms with van der Waals surface area (Å²) < 4.78 is 0. The SMILES string of the molecule is CC1=C2CC(C)(C)[C@@H]3CC[C@H](C)[C@@]23CC1. The van der Waals surface area contributed by atoms with Crippen molar-refractivity contribution in [2.45, 2.75) is 59.8 Å². The molecule has 0 amide bonds. The van der Waals surface area contributed by atoms with Crippen molar-refractivity contribution >= 4 is 0 Å². The molecule has 0 unspecified atom stereocenters. The van der Waals surface area contributed by atoms with E-state index < -0.39 is 0 Å². The predicted molar refractivity (Wildman–Crippen MR) is 64.7 cm³/mol. The molecule has 3 aliphatic rings. The Morgan fingerprint density at radius 1 is 1.20 bits per heavy atom. The van der Waals surface area contributed by atoms with Gasteiger partial charge in [-0.3, -0.25) is 0 Å². The molecule has 0 aromatic carbocycles. The Balaban J connectivity index is 2.15. The van der Waals surface area contributed by atoms with Crippen molar-refractivity contribution in [2.75, 3.05) is 0 Å². The van der Waals surface area contributed by atoms with Crippen LogP contribution in [-0.4, -0.2) is 0 Å². The van der Waals surface area contributed by atoms with Crippen molar-refractivity contribution in [3.63, 3.8) is 0 Å². The number of hydrogen-bond acceptors (Lipinski definition) is 0. The first kappa shape index (κ1) is 9.93. The maximum Gasteiger partial charge on any atom is -0.00232 e. The Kier molecular flexibility index (Phi) is 1.79. The standard InChI is InChI=1S/C15H24/c1-10-7-8-15-11(2)5-6-13(15)14(3,4)9-12(10)15/h11,13H,5-9H2,1-4H3/t11-,13-,15-/m0/s1. The second kappa shape index (κ2) is 2.70. The van der Waals surface area contributed by atoms with Crippen molar-refractivity contribution in [3.8, 4) is 0 Å². The monoisotopic (exact) mass is 204 g/mol. The molecule has 0 bridgehead atoms. The van der Waals surface area contributed by atoms with E-state index >= 15 is 0 Å². The van der Waals surface area contributed by atoms with Gasteiger partial charge in [-0.25, -0.2) is 0 Å². The molecule has 0 nitrogen and oxygen atoms in total. The summed E-state index contributed by atoms with van der Waals surface area (Å²) in [5, 5.41) is 0. The molecular formula is C15H24. The molecule has 0 saturated heterocycles. The van der Waals surface area contributed by atoms with E-state index in [4.69, 9.17) is 0 Å². The van der Waals surface area contributed by atoms with E-state index in [2.05, 4.69) is 27.7 Å². The number of rotatable bonds is 0. The van der Waals surface area contributed by atoms with Crippen LogP contribution in [0.15, 0.2) is 11.1 Å². The lowest BCUT2D eigenvalue weighted by Gasteiger charge is -2.36. The molecule has 0 aromatic heterocycles. The van der Waals surface area contributed by atoms with Crippen molar-refractivity contribution in [1.82, 2.24) is 0 Å². The minimum atomic E-state index is 0.585. The average molecular weight is 204 g/mol. The van der Waals surface area contributed by atoms with Crippen LogP contribution in [0.5, 0.6) is 0 Å². The van der Waals surface area contributed by atoms with Crippen LogP contribution in [-0.2, 0) is 0 Å². The Morgan fingerprint density at radius 2 is 1.93 bits per heavy atom. The maximum absolute atomic E-state index is 2.51. The van der Waals surface area contributed by atoms with Crippen LogP contribution < -0.4 is 0 Å². The van der Waals surface area contributed by atoms with Crippen LogP contribution in [0.2, 0.25) is 0 Å². The Morgan fingerprint density at radius 3 is 2.67 bits per heavy atom. The van der Waals surface area contributed by atoms with Crippen molar-refractivity contribution < 1.29 is 0 Å². The molecule has 84 valence electrons. The molecule has 2 saturated carbocycles. The quantitative estimate of drug-likeness (QED) is 0.507. The van der Waals surface area contributed by atoms with Gasteiger partial charge in [0, 0.05) is 0 Å². The van der Waals surface area contributed by atoms with Gasteiger partial charge in [0.1, 0.15) is 0 Å². The summed E-state index contributed by atoms with van der Waals surface area (Å²) >= 11 is 0. The Bertz CT molecular complexity index is 334. The van der Waals surface area contributed by atoms with Crippen molar-refractivity contribution in [3.05, 3.63) is 11.1 Å². The number of allylic oxidation sites excluding steroid dienone is 2. The van der Waals surface area contributed by atoms with Gasteiger partial charge in [0.25, 0.3) is 0 Å². The van der Waals surface area contributed by atoms with E-state index in [-0.39, 0.29) is 0 Å². The average Bonchev–Trinajstić information content (AvgIpc) is 2.70. The second-order valence-electron chi connectivity index (χ2n) is 7.00. The van der Waals surface area contributed by atoms with Crippen LogP contribution in [0.1, 0.15) is 59.8 Å². The summed E-state index contributed by atoms with van der Waals surface area (Å²) in [7, 11) is 0. The highest BCUT2D eigenvalue weighted by Crippen LogP contribution is 2.71. The first-order chi connectivity index (χ1) is 6.98. The van der Waals surface area contributed by atoms with Crippen LogP contribution in [0.25, 0.3) is 0 Å². The molecule has 0 aromatic rings. The van der Waals surface area contributed by atoms with Crippen LogP contribution in [0.3, 0.4) is 0 Å². The summed E-state index contributed by atoms with van der Waals surface area (Å²) in [6, 6.07) is 0. The normalized spacial score (nSPS) is 47.2. The van der Waals surface area contributed by atoms with Gasteiger partial charge in [-0.1, -0.05) is 31.9 Å². The third-order valence-corrected chi connectivity index (χ3v) is 5.96. The molecule has 0 aliphatic heterocycles. The Labute approximate surface area is 94.1 Å². The van der Waals surface area contributed by atoms with Gasteiger partial charge in [0.05, 0.1) is 0 Å². The van der Waals surface area contributed by atoms with Gasteiger partial charge >= 0.3 is 0 Å². The third-order valence-electron chi connectivity index (χ3n) is 5.96.